The molecule has 1 atom stereocenters. The molecule has 4 aromatic rings. The number of nitrogens with zero attached hydrogens (tertiary/aromatic N) is 2. The molecule has 0 N–H and O–H groups in total. The summed E-state index contributed by atoms with van der Waals surface area (Å²) in [6.07, 6.45) is 1.96. The van der Waals surface area contributed by atoms with Gasteiger partial charge in [0.15, 0.2) is 0 Å². The second kappa shape index (κ2) is 7.59. The number of hydrogen-bond acceptors (Lipinski definition) is 3. The molecule has 2 heterocycles. The van der Waals surface area contributed by atoms with Gasteiger partial charge in [-0.1, -0.05) is 48.5 Å². The molecule has 1 aliphatic rings. The summed E-state index contributed by atoms with van der Waals surface area (Å²) in [6, 6.07) is 30.2. The van der Waals surface area contributed by atoms with Gasteiger partial charge in [0, 0.05) is 29.7 Å². The topological polar surface area (TPSA) is 25.4 Å². The number of rotatable bonds is 4. The standard InChI is InChI=1S/C26H24N2O/c1-29-23-13-14-25-20(17-23)11-12-21(27-25)18-26-24-10-6-5-7-19(24)15-16-28(26)22-8-3-2-4-9-22/h2-14,17,26H,15-16,18H2,1H3. The zero-order valence-electron chi connectivity index (χ0n) is 16.6. The first-order valence-corrected chi connectivity index (χ1v) is 10.1. The summed E-state index contributed by atoms with van der Waals surface area (Å²) >= 11 is 0. The number of aromatic nitrogens is 1. The van der Waals surface area contributed by atoms with Crippen LogP contribution in [-0.2, 0) is 12.8 Å². The summed E-state index contributed by atoms with van der Waals surface area (Å²) in [5.74, 6) is 0.864. The maximum atomic E-state index is 5.34. The maximum absolute atomic E-state index is 5.34. The third-order valence-electron chi connectivity index (χ3n) is 5.86. The lowest BCUT2D eigenvalue weighted by Crippen LogP contribution is -2.36. The molecular formula is C26H24N2O. The second-order valence-corrected chi connectivity index (χ2v) is 7.56. The Morgan fingerprint density at radius 1 is 0.931 bits per heavy atom. The number of hydrogen-bond donors (Lipinski definition) is 0. The largest absolute Gasteiger partial charge is 0.497 e. The van der Waals surface area contributed by atoms with E-state index >= 15 is 0 Å². The summed E-state index contributed by atoms with van der Waals surface area (Å²) in [7, 11) is 1.70. The van der Waals surface area contributed by atoms with Crippen molar-refractivity contribution in [1.82, 2.24) is 4.98 Å². The highest BCUT2D eigenvalue weighted by Gasteiger charge is 2.28. The van der Waals surface area contributed by atoms with Crippen molar-refractivity contribution in [2.45, 2.75) is 18.9 Å². The predicted octanol–water partition coefficient (Wildman–Crippen LogP) is 5.59. The van der Waals surface area contributed by atoms with Crippen molar-refractivity contribution in [3.63, 3.8) is 0 Å². The number of fused-ring (bicyclic) bond motifs is 2. The van der Waals surface area contributed by atoms with Crippen molar-refractivity contribution in [2.24, 2.45) is 0 Å². The van der Waals surface area contributed by atoms with Crippen LogP contribution in [0, 0.1) is 0 Å². The average molecular weight is 380 g/mol. The number of pyridine rings is 1. The van der Waals surface area contributed by atoms with E-state index in [4.69, 9.17) is 9.72 Å². The number of methoxy groups -OCH3 is 1. The molecule has 1 aromatic heterocycles. The molecule has 0 amide bonds. The summed E-state index contributed by atoms with van der Waals surface area (Å²) in [5.41, 5.74) is 6.27. The molecule has 0 saturated carbocycles. The highest BCUT2D eigenvalue weighted by molar-refractivity contribution is 5.80. The van der Waals surface area contributed by atoms with E-state index < -0.39 is 0 Å². The van der Waals surface area contributed by atoms with Crippen LogP contribution in [0.2, 0.25) is 0 Å². The summed E-state index contributed by atoms with van der Waals surface area (Å²) in [5, 5.41) is 1.11. The summed E-state index contributed by atoms with van der Waals surface area (Å²) in [4.78, 5) is 7.49. The Morgan fingerprint density at radius 2 is 1.76 bits per heavy atom. The van der Waals surface area contributed by atoms with E-state index in [2.05, 4.69) is 71.6 Å². The second-order valence-electron chi connectivity index (χ2n) is 7.56. The van der Waals surface area contributed by atoms with Gasteiger partial charge in [0.25, 0.3) is 0 Å². The molecular weight excluding hydrogens is 356 g/mol. The van der Waals surface area contributed by atoms with Crippen LogP contribution >= 0.6 is 0 Å². The van der Waals surface area contributed by atoms with E-state index in [0.29, 0.717) is 0 Å². The molecule has 29 heavy (non-hydrogen) atoms. The molecule has 1 aliphatic heterocycles. The van der Waals surface area contributed by atoms with Crippen LogP contribution in [0.15, 0.2) is 84.9 Å². The fourth-order valence-electron chi connectivity index (χ4n) is 4.38. The molecule has 3 nitrogen and oxygen atoms in total. The van der Waals surface area contributed by atoms with Crippen molar-refractivity contribution in [3.05, 3.63) is 102 Å². The smallest absolute Gasteiger partial charge is 0.119 e. The predicted molar refractivity (Wildman–Crippen MR) is 119 cm³/mol. The SMILES string of the molecule is COc1ccc2nc(CC3c4ccccc4CCN3c3ccccc3)ccc2c1. The minimum absolute atomic E-state index is 0.283. The molecule has 0 fully saturated rings. The van der Waals surface area contributed by atoms with Gasteiger partial charge in [-0.2, -0.15) is 0 Å². The van der Waals surface area contributed by atoms with Gasteiger partial charge in [-0.05, 0) is 53.9 Å². The third kappa shape index (κ3) is 3.44. The number of para-hydroxylation sites is 1. The number of anilines is 1. The first-order valence-electron chi connectivity index (χ1n) is 10.1. The monoisotopic (exact) mass is 380 g/mol. The van der Waals surface area contributed by atoms with Crippen molar-refractivity contribution >= 4 is 16.6 Å². The van der Waals surface area contributed by atoms with Crippen LogP contribution in [0.4, 0.5) is 5.69 Å². The minimum atomic E-state index is 0.283. The van der Waals surface area contributed by atoms with Crippen LogP contribution in [-0.4, -0.2) is 18.6 Å². The van der Waals surface area contributed by atoms with Crippen LogP contribution < -0.4 is 9.64 Å². The zero-order valence-corrected chi connectivity index (χ0v) is 16.6. The fourth-order valence-corrected chi connectivity index (χ4v) is 4.38. The fraction of sp³-hybridized carbons (Fsp3) is 0.192. The Bertz CT molecular complexity index is 1140. The highest BCUT2D eigenvalue weighted by atomic mass is 16.5. The Hall–Kier alpha value is -3.33. The minimum Gasteiger partial charge on any atom is -0.497 e. The van der Waals surface area contributed by atoms with Crippen molar-refractivity contribution in [1.29, 1.82) is 0 Å². The lowest BCUT2D eigenvalue weighted by Gasteiger charge is -2.39. The van der Waals surface area contributed by atoms with Crippen LogP contribution in [0.5, 0.6) is 5.75 Å². The Kier molecular flexibility index (Phi) is 4.65. The van der Waals surface area contributed by atoms with Crippen molar-refractivity contribution in [3.8, 4) is 5.75 Å². The molecule has 144 valence electrons. The van der Waals surface area contributed by atoms with E-state index in [9.17, 15) is 0 Å². The van der Waals surface area contributed by atoms with Gasteiger partial charge >= 0.3 is 0 Å². The lowest BCUT2D eigenvalue weighted by molar-refractivity contribution is 0.415. The van der Waals surface area contributed by atoms with E-state index in [0.717, 1.165) is 41.7 Å². The molecule has 1 unspecified atom stereocenters. The number of ether oxygens (including phenoxy) is 1. The zero-order chi connectivity index (χ0) is 19.6. The van der Waals surface area contributed by atoms with Crippen molar-refractivity contribution in [2.75, 3.05) is 18.6 Å². The Labute approximate surface area is 171 Å². The van der Waals surface area contributed by atoms with Crippen LogP contribution in [0.25, 0.3) is 10.9 Å². The van der Waals surface area contributed by atoms with Gasteiger partial charge in [-0.15, -0.1) is 0 Å². The molecule has 3 aromatic carbocycles. The van der Waals surface area contributed by atoms with Gasteiger partial charge in [0.05, 0.1) is 18.7 Å². The third-order valence-corrected chi connectivity index (χ3v) is 5.86. The molecule has 0 spiro atoms. The van der Waals surface area contributed by atoms with Gasteiger partial charge in [0.1, 0.15) is 5.75 Å². The number of benzene rings is 3. The normalized spacial score (nSPS) is 15.9. The van der Waals surface area contributed by atoms with Crippen LogP contribution in [0.3, 0.4) is 0 Å². The van der Waals surface area contributed by atoms with Gasteiger partial charge in [-0.25, -0.2) is 0 Å². The summed E-state index contributed by atoms with van der Waals surface area (Å²) in [6.45, 7) is 1.02. The first kappa shape index (κ1) is 17.7. The van der Waals surface area contributed by atoms with E-state index in [1.807, 2.05) is 18.2 Å². The Balaban J connectivity index is 1.53. The quantitative estimate of drug-likeness (QED) is 0.461. The molecule has 0 radical (unpaired) electrons. The molecule has 0 bridgehead atoms. The highest BCUT2D eigenvalue weighted by Crippen LogP contribution is 2.36. The van der Waals surface area contributed by atoms with E-state index in [-0.39, 0.29) is 6.04 Å². The van der Waals surface area contributed by atoms with E-state index in [1.54, 1.807) is 7.11 Å². The Morgan fingerprint density at radius 3 is 2.62 bits per heavy atom. The van der Waals surface area contributed by atoms with Crippen molar-refractivity contribution < 1.29 is 4.74 Å². The first-order chi connectivity index (χ1) is 14.3. The van der Waals surface area contributed by atoms with Gasteiger partial charge in [-0.3, -0.25) is 4.98 Å². The maximum Gasteiger partial charge on any atom is 0.119 e. The lowest BCUT2D eigenvalue weighted by atomic mass is 9.89. The van der Waals surface area contributed by atoms with Crippen LogP contribution in [0.1, 0.15) is 22.9 Å². The van der Waals surface area contributed by atoms with Gasteiger partial charge < -0.3 is 9.64 Å². The molecule has 0 aliphatic carbocycles. The molecule has 3 heteroatoms. The summed E-state index contributed by atoms with van der Waals surface area (Å²) < 4.78 is 5.34. The average Bonchev–Trinajstić information content (AvgIpc) is 2.79. The molecule has 0 saturated heterocycles. The molecule has 5 rings (SSSR count). The van der Waals surface area contributed by atoms with E-state index in [1.165, 1.54) is 16.8 Å². The van der Waals surface area contributed by atoms with Gasteiger partial charge in [0.2, 0.25) is 0 Å².